The summed E-state index contributed by atoms with van der Waals surface area (Å²) in [4.78, 5) is 14.6. The van der Waals surface area contributed by atoms with Crippen molar-refractivity contribution in [2.45, 2.75) is 6.04 Å². The van der Waals surface area contributed by atoms with Crippen LogP contribution >= 0.6 is 0 Å². The van der Waals surface area contributed by atoms with E-state index in [1.807, 2.05) is 38.4 Å². The Labute approximate surface area is 154 Å². The van der Waals surface area contributed by atoms with Gasteiger partial charge in [0.25, 0.3) is 5.91 Å². The average Bonchev–Trinajstić information content (AvgIpc) is 2.67. The van der Waals surface area contributed by atoms with Gasteiger partial charge in [0, 0.05) is 12.1 Å². The average molecular weight is 358 g/mol. The van der Waals surface area contributed by atoms with Gasteiger partial charge in [0.05, 0.1) is 27.4 Å². The standard InChI is InChI=1S/C20H26N2O4/c1-22(2)17(14-6-9-16(24-3)10-7-14)13-21-20(23)15-8-11-18(25-4)19(12-15)26-5/h6-12,17H,13H2,1-5H3,(H,21,23). The second-order valence-corrected chi connectivity index (χ2v) is 6.03. The Morgan fingerprint density at radius 2 is 1.62 bits per heavy atom. The number of nitrogens with zero attached hydrogens (tertiary/aromatic N) is 1. The van der Waals surface area contributed by atoms with Crippen LogP contribution in [0.5, 0.6) is 17.2 Å². The number of hydrogen-bond acceptors (Lipinski definition) is 5. The van der Waals surface area contributed by atoms with Crippen LogP contribution in [0.25, 0.3) is 0 Å². The Balaban J connectivity index is 2.09. The highest BCUT2D eigenvalue weighted by Gasteiger charge is 2.17. The SMILES string of the molecule is COc1ccc(C(CNC(=O)c2ccc(OC)c(OC)c2)N(C)C)cc1. The van der Waals surface area contributed by atoms with Crippen LogP contribution in [0.1, 0.15) is 22.0 Å². The second kappa shape index (κ2) is 9.10. The lowest BCUT2D eigenvalue weighted by atomic mass is 10.1. The number of ether oxygens (including phenoxy) is 3. The van der Waals surface area contributed by atoms with Gasteiger partial charge in [-0.15, -0.1) is 0 Å². The van der Waals surface area contributed by atoms with Gasteiger partial charge in [-0.1, -0.05) is 12.1 Å². The van der Waals surface area contributed by atoms with Gasteiger partial charge in [0.2, 0.25) is 0 Å². The van der Waals surface area contributed by atoms with Crippen molar-refractivity contribution in [2.75, 3.05) is 42.0 Å². The summed E-state index contributed by atoms with van der Waals surface area (Å²) in [7, 11) is 8.72. The summed E-state index contributed by atoms with van der Waals surface area (Å²) in [5.74, 6) is 1.76. The molecule has 1 unspecified atom stereocenters. The summed E-state index contributed by atoms with van der Waals surface area (Å²) >= 11 is 0. The summed E-state index contributed by atoms with van der Waals surface area (Å²) < 4.78 is 15.7. The van der Waals surface area contributed by atoms with Crippen LogP contribution < -0.4 is 19.5 Å². The number of amides is 1. The van der Waals surface area contributed by atoms with Crippen molar-refractivity contribution in [2.24, 2.45) is 0 Å². The first-order valence-corrected chi connectivity index (χ1v) is 8.30. The molecule has 6 heteroatoms. The molecule has 0 saturated carbocycles. The molecule has 6 nitrogen and oxygen atoms in total. The van der Waals surface area contributed by atoms with Crippen molar-refractivity contribution in [1.29, 1.82) is 0 Å². The molecule has 0 aromatic heterocycles. The van der Waals surface area contributed by atoms with E-state index in [1.165, 1.54) is 0 Å². The first kappa shape index (κ1) is 19.6. The molecule has 0 radical (unpaired) electrons. The van der Waals surface area contributed by atoms with Crippen LogP contribution in [-0.2, 0) is 0 Å². The molecule has 1 atom stereocenters. The fourth-order valence-corrected chi connectivity index (χ4v) is 2.69. The van der Waals surface area contributed by atoms with Gasteiger partial charge >= 0.3 is 0 Å². The fourth-order valence-electron chi connectivity index (χ4n) is 2.69. The second-order valence-electron chi connectivity index (χ2n) is 6.03. The van der Waals surface area contributed by atoms with Gasteiger partial charge in [0.1, 0.15) is 5.75 Å². The van der Waals surface area contributed by atoms with E-state index in [4.69, 9.17) is 14.2 Å². The molecule has 0 bridgehead atoms. The molecule has 0 saturated heterocycles. The van der Waals surface area contributed by atoms with Crippen molar-refractivity contribution in [3.63, 3.8) is 0 Å². The largest absolute Gasteiger partial charge is 0.497 e. The summed E-state index contributed by atoms with van der Waals surface area (Å²) in [5, 5.41) is 2.99. The van der Waals surface area contributed by atoms with Crippen molar-refractivity contribution < 1.29 is 19.0 Å². The smallest absolute Gasteiger partial charge is 0.251 e. The van der Waals surface area contributed by atoms with Crippen LogP contribution in [0.15, 0.2) is 42.5 Å². The van der Waals surface area contributed by atoms with Gasteiger partial charge in [-0.05, 0) is 50.0 Å². The zero-order chi connectivity index (χ0) is 19.1. The van der Waals surface area contributed by atoms with Crippen molar-refractivity contribution in [3.05, 3.63) is 53.6 Å². The highest BCUT2D eigenvalue weighted by atomic mass is 16.5. The lowest BCUT2D eigenvalue weighted by Crippen LogP contribution is -2.34. The number of benzene rings is 2. The molecule has 2 aromatic rings. The minimum absolute atomic E-state index is 0.0463. The number of likely N-dealkylation sites (N-methyl/N-ethyl adjacent to an activating group) is 1. The minimum Gasteiger partial charge on any atom is -0.497 e. The molecular weight excluding hydrogens is 332 g/mol. The number of nitrogens with one attached hydrogen (secondary N) is 1. The fraction of sp³-hybridized carbons (Fsp3) is 0.350. The molecule has 1 amide bonds. The predicted octanol–water partition coefficient (Wildman–Crippen LogP) is 2.75. The van der Waals surface area contributed by atoms with E-state index in [1.54, 1.807) is 39.5 Å². The van der Waals surface area contributed by atoms with Gasteiger partial charge in [-0.2, -0.15) is 0 Å². The topological polar surface area (TPSA) is 60.0 Å². The Bertz CT molecular complexity index is 729. The Morgan fingerprint density at radius 1 is 0.962 bits per heavy atom. The zero-order valence-electron chi connectivity index (χ0n) is 15.9. The van der Waals surface area contributed by atoms with Crippen LogP contribution in [0.3, 0.4) is 0 Å². The lowest BCUT2D eigenvalue weighted by Gasteiger charge is -2.25. The molecule has 140 valence electrons. The third-order valence-corrected chi connectivity index (χ3v) is 4.23. The van der Waals surface area contributed by atoms with Crippen molar-refractivity contribution in [3.8, 4) is 17.2 Å². The summed E-state index contributed by atoms with van der Waals surface area (Å²) in [6.07, 6.45) is 0. The highest BCUT2D eigenvalue weighted by molar-refractivity contribution is 5.94. The normalized spacial score (nSPS) is 11.8. The molecule has 26 heavy (non-hydrogen) atoms. The van der Waals surface area contributed by atoms with Gasteiger partial charge < -0.3 is 24.4 Å². The first-order valence-electron chi connectivity index (χ1n) is 8.30. The molecule has 0 heterocycles. The molecule has 1 N–H and O–H groups in total. The maximum atomic E-state index is 12.5. The number of carbonyl (C=O) groups is 1. The maximum absolute atomic E-state index is 12.5. The van der Waals surface area contributed by atoms with E-state index in [0.717, 1.165) is 11.3 Å². The van der Waals surface area contributed by atoms with E-state index in [9.17, 15) is 4.79 Å². The van der Waals surface area contributed by atoms with E-state index >= 15 is 0 Å². The van der Waals surface area contributed by atoms with Crippen LogP contribution in [-0.4, -0.2) is 52.8 Å². The molecule has 0 aliphatic heterocycles. The van der Waals surface area contributed by atoms with E-state index in [2.05, 4.69) is 10.2 Å². The number of carbonyl (C=O) groups excluding carboxylic acids is 1. The van der Waals surface area contributed by atoms with Crippen molar-refractivity contribution in [1.82, 2.24) is 10.2 Å². The summed E-state index contributed by atoms with van der Waals surface area (Å²) in [6.45, 7) is 0.479. The van der Waals surface area contributed by atoms with Gasteiger partial charge in [0.15, 0.2) is 11.5 Å². The molecule has 2 aromatic carbocycles. The Hall–Kier alpha value is -2.73. The van der Waals surface area contributed by atoms with Gasteiger partial charge in [-0.25, -0.2) is 0 Å². The van der Waals surface area contributed by atoms with Gasteiger partial charge in [-0.3, -0.25) is 4.79 Å². The lowest BCUT2D eigenvalue weighted by molar-refractivity contribution is 0.0941. The molecule has 0 spiro atoms. The van der Waals surface area contributed by atoms with E-state index < -0.39 is 0 Å². The van der Waals surface area contributed by atoms with Crippen LogP contribution in [0, 0.1) is 0 Å². The first-order chi connectivity index (χ1) is 12.5. The molecule has 0 fully saturated rings. The molecule has 2 rings (SSSR count). The maximum Gasteiger partial charge on any atom is 0.251 e. The monoisotopic (exact) mass is 358 g/mol. The van der Waals surface area contributed by atoms with Crippen LogP contribution in [0.4, 0.5) is 0 Å². The Morgan fingerprint density at radius 3 is 2.15 bits per heavy atom. The summed E-state index contributed by atoms with van der Waals surface area (Å²) in [5.41, 5.74) is 1.62. The summed E-state index contributed by atoms with van der Waals surface area (Å²) in [6, 6.07) is 13.0. The molecule has 0 aliphatic rings. The van der Waals surface area contributed by atoms with Crippen molar-refractivity contribution >= 4 is 5.91 Å². The zero-order valence-corrected chi connectivity index (χ0v) is 15.9. The molecular formula is C20H26N2O4. The molecule has 0 aliphatic carbocycles. The number of methoxy groups -OCH3 is 3. The minimum atomic E-state index is -0.161. The number of rotatable bonds is 8. The predicted molar refractivity (Wildman–Crippen MR) is 101 cm³/mol. The van der Waals surface area contributed by atoms with E-state index in [-0.39, 0.29) is 11.9 Å². The number of hydrogen-bond donors (Lipinski definition) is 1. The third-order valence-electron chi connectivity index (χ3n) is 4.23. The van der Waals surface area contributed by atoms with Crippen LogP contribution in [0.2, 0.25) is 0 Å². The third kappa shape index (κ3) is 4.67. The Kier molecular flexibility index (Phi) is 6.86. The quantitative estimate of drug-likeness (QED) is 0.786. The highest BCUT2D eigenvalue weighted by Crippen LogP contribution is 2.27. The van der Waals surface area contributed by atoms with E-state index in [0.29, 0.717) is 23.6 Å².